The monoisotopic (exact) mass is 255 g/mol. The van der Waals surface area contributed by atoms with Gasteiger partial charge in [-0.05, 0) is 37.4 Å². The number of nitrogens with two attached hydrogens (primary N) is 1. The third kappa shape index (κ3) is 2.56. The molecule has 2 aromatic rings. The lowest BCUT2D eigenvalue weighted by Crippen LogP contribution is -2.36. The average Bonchev–Trinajstić information content (AvgIpc) is 2.48. The van der Waals surface area contributed by atoms with Gasteiger partial charge in [-0.25, -0.2) is 0 Å². The van der Waals surface area contributed by atoms with Crippen LogP contribution in [0.25, 0.3) is 10.8 Å². The van der Waals surface area contributed by atoms with E-state index >= 15 is 0 Å². The number of benzene rings is 1. The van der Waals surface area contributed by atoms with Crippen LogP contribution >= 0.6 is 0 Å². The van der Waals surface area contributed by atoms with Crippen LogP contribution in [0.1, 0.15) is 25.7 Å². The van der Waals surface area contributed by atoms with Gasteiger partial charge in [-0.1, -0.05) is 25.0 Å². The van der Waals surface area contributed by atoms with Crippen molar-refractivity contribution in [3.05, 3.63) is 36.7 Å². The molecule has 0 saturated heterocycles. The second kappa shape index (κ2) is 5.57. The maximum atomic E-state index is 5.91. The Hall–Kier alpha value is -1.61. The Bertz CT molecular complexity index is 547. The maximum absolute atomic E-state index is 5.91. The van der Waals surface area contributed by atoms with E-state index in [1.807, 2.05) is 12.4 Å². The Morgan fingerprint density at radius 2 is 2.11 bits per heavy atom. The van der Waals surface area contributed by atoms with Crippen molar-refractivity contribution in [3.8, 4) is 0 Å². The minimum absolute atomic E-state index is 0.512. The SMILES string of the molecule is NCC1CCCCC1Nc1cccc2cnccc12. The summed E-state index contributed by atoms with van der Waals surface area (Å²) in [5.41, 5.74) is 7.12. The van der Waals surface area contributed by atoms with E-state index in [9.17, 15) is 0 Å². The average molecular weight is 255 g/mol. The first-order valence-corrected chi connectivity index (χ1v) is 7.18. The lowest BCUT2D eigenvalue weighted by molar-refractivity contribution is 0.333. The molecule has 1 aromatic carbocycles. The predicted molar refractivity (Wildman–Crippen MR) is 80.2 cm³/mol. The van der Waals surface area contributed by atoms with Crippen molar-refractivity contribution in [2.24, 2.45) is 11.7 Å². The molecule has 3 rings (SSSR count). The second-order valence-corrected chi connectivity index (χ2v) is 5.43. The van der Waals surface area contributed by atoms with Gasteiger partial charge in [-0.15, -0.1) is 0 Å². The number of rotatable bonds is 3. The van der Waals surface area contributed by atoms with Crippen molar-refractivity contribution in [2.45, 2.75) is 31.7 Å². The highest BCUT2D eigenvalue weighted by Gasteiger charge is 2.23. The van der Waals surface area contributed by atoms with Crippen LogP contribution in [0.5, 0.6) is 0 Å². The Balaban J connectivity index is 1.88. The summed E-state index contributed by atoms with van der Waals surface area (Å²) in [7, 11) is 0. The molecule has 3 N–H and O–H groups in total. The van der Waals surface area contributed by atoms with Gasteiger partial charge in [0.2, 0.25) is 0 Å². The maximum Gasteiger partial charge on any atom is 0.0423 e. The molecule has 1 fully saturated rings. The topological polar surface area (TPSA) is 50.9 Å². The Morgan fingerprint density at radius 1 is 1.21 bits per heavy atom. The zero-order chi connectivity index (χ0) is 13.1. The smallest absolute Gasteiger partial charge is 0.0423 e. The Morgan fingerprint density at radius 3 is 3.00 bits per heavy atom. The molecule has 1 heterocycles. The molecule has 0 spiro atoms. The van der Waals surface area contributed by atoms with Gasteiger partial charge in [0.25, 0.3) is 0 Å². The molecule has 0 amide bonds. The predicted octanol–water partition coefficient (Wildman–Crippen LogP) is 3.16. The van der Waals surface area contributed by atoms with Gasteiger partial charge in [-0.3, -0.25) is 4.98 Å². The van der Waals surface area contributed by atoms with E-state index in [0.717, 1.165) is 6.54 Å². The number of nitrogens with one attached hydrogen (secondary N) is 1. The summed E-state index contributed by atoms with van der Waals surface area (Å²) in [5.74, 6) is 0.603. The number of fused-ring (bicyclic) bond motifs is 1. The van der Waals surface area contributed by atoms with Crippen molar-refractivity contribution in [3.63, 3.8) is 0 Å². The summed E-state index contributed by atoms with van der Waals surface area (Å²) < 4.78 is 0. The summed E-state index contributed by atoms with van der Waals surface area (Å²) in [6, 6.07) is 8.95. The number of aromatic nitrogens is 1. The van der Waals surface area contributed by atoms with Gasteiger partial charge in [0, 0.05) is 34.9 Å². The molecule has 0 radical (unpaired) electrons. The standard InChI is InChI=1S/C16H21N3/c17-10-12-4-1-2-6-15(12)19-16-7-3-5-13-11-18-9-8-14(13)16/h3,5,7-9,11-12,15,19H,1-2,4,6,10,17H2. The van der Waals surface area contributed by atoms with E-state index in [2.05, 4.69) is 34.6 Å². The summed E-state index contributed by atoms with van der Waals surface area (Å²) in [5, 5.41) is 6.15. The molecule has 3 heteroatoms. The van der Waals surface area contributed by atoms with Gasteiger partial charge in [0.1, 0.15) is 0 Å². The zero-order valence-corrected chi connectivity index (χ0v) is 11.2. The van der Waals surface area contributed by atoms with E-state index < -0.39 is 0 Å². The molecule has 100 valence electrons. The first-order chi connectivity index (χ1) is 9.38. The van der Waals surface area contributed by atoms with E-state index in [4.69, 9.17) is 5.73 Å². The van der Waals surface area contributed by atoms with Gasteiger partial charge in [0.15, 0.2) is 0 Å². The molecule has 0 bridgehead atoms. The summed E-state index contributed by atoms with van der Waals surface area (Å²) >= 11 is 0. The van der Waals surface area contributed by atoms with Crippen LogP contribution in [0.4, 0.5) is 5.69 Å². The van der Waals surface area contributed by atoms with Gasteiger partial charge < -0.3 is 11.1 Å². The van der Waals surface area contributed by atoms with Crippen LogP contribution in [0.3, 0.4) is 0 Å². The number of hydrogen-bond donors (Lipinski definition) is 2. The summed E-state index contributed by atoms with van der Waals surface area (Å²) in [6.45, 7) is 0.782. The van der Waals surface area contributed by atoms with Crippen molar-refractivity contribution < 1.29 is 0 Å². The van der Waals surface area contributed by atoms with Crippen molar-refractivity contribution in [1.82, 2.24) is 4.98 Å². The number of hydrogen-bond acceptors (Lipinski definition) is 3. The Labute approximate surface area is 114 Å². The third-order valence-electron chi connectivity index (χ3n) is 4.23. The van der Waals surface area contributed by atoms with E-state index in [0.29, 0.717) is 12.0 Å². The first kappa shape index (κ1) is 12.4. The largest absolute Gasteiger partial charge is 0.381 e. The molecule has 2 unspecified atom stereocenters. The lowest BCUT2D eigenvalue weighted by atomic mass is 9.84. The highest BCUT2D eigenvalue weighted by Crippen LogP contribution is 2.29. The van der Waals surface area contributed by atoms with Crippen LogP contribution in [0.15, 0.2) is 36.7 Å². The fraction of sp³-hybridized carbons (Fsp3) is 0.438. The molecule has 19 heavy (non-hydrogen) atoms. The molecule has 1 aromatic heterocycles. The molecular formula is C16H21N3. The molecule has 3 nitrogen and oxygen atoms in total. The highest BCUT2D eigenvalue weighted by molar-refractivity contribution is 5.93. The van der Waals surface area contributed by atoms with E-state index in [1.165, 1.54) is 42.1 Å². The molecule has 1 aliphatic carbocycles. The molecular weight excluding hydrogens is 234 g/mol. The van der Waals surface area contributed by atoms with Gasteiger partial charge in [-0.2, -0.15) is 0 Å². The number of nitrogens with zero attached hydrogens (tertiary/aromatic N) is 1. The Kier molecular flexibility index (Phi) is 3.65. The van der Waals surface area contributed by atoms with Crippen LogP contribution in [0, 0.1) is 5.92 Å². The fourth-order valence-corrected chi connectivity index (χ4v) is 3.13. The minimum atomic E-state index is 0.512. The number of anilines is 1. The highest BCUT2D eigenvalue weighted by atomic mass is 14.9. The normalized spacial score (nSPS) is 23.4. The second-order valence-electron chi connectivity index (χ2n) is 5.43. The van der Waals surface area contributed by atoms with Crippen LogP contribution in [-0.4, -0.2) is 17.6 Å². The van der Waals surface area contributed by atoms with Crippen LogP contribution in [-0.2, 0) is 0 Å². The van der Waals surface area contributed by atoms with Crippen molar-refractivity contribution in [2.75, 3.05) is 11.9 Å². The minimum Gasteiger partial charge on any atom is -0.381 e. The summed E-state index contributed by atoms with van der Waals surface area (Å²) in [4.78, 5) is 4.18. The molecule has 2 atom stereocenters. The van der Waals surface area contributed by atoms with Gasteiger partial charge in [0.05, 0.1) is 0 Å². The van der Waals surface area contributed by atoms with Crippen LogP contribution < -0.4 is 11.1 Å². The summed E-state index contributed by atoms with van der Waals surface area (Å²) in [6.07, 6.45) is 8.88. The number of pyridine rings is 1. The van der Waals surface area contributed by atoms with E-state index in [-0.39, 0.29) is 0 Å². The molecule has 0 aliphatic heterocycles. The quantitative estimate of drug-likeness (QED) is 0.885. The molecule has 1 aliphatic rings. The third-order valence-corrected chi connectivity index (χ3v) is 4.23. The van der Waals surface area contributed by atoms with Crippen molar-refractivity contribution >= 4 is 16.5 Å². The van der Waals surface area contributed by atoms with E-state index in [1.54, 1.807) is 0 Å². The first-order valence-electron chi connectivity index (χ1n) is 7.18. The molecule has 1 saturated carbocycles. The van der Waals surface area contributed by atoms with Gasteiger partial charge >= 0.3 is 0 Å². The lowest BCUT2D eigenvalue weighted by Gasteiger charge is -2.32. The fourth-order valence-electron chi connectivity index (χ4n) is 3.13. The van der Waals surface area contributed by atoms with Crippen molar-refractivity contribution in [1.29, 1.82) is 0 Å². The zero-order valence-electron chi connectivity index (χ0n) is 11.2. The van der Waals surface area contributed by atoms with Crippen LogP contribution in [0.2, 0.25) is 0 Å².